The van der Waals surface area contributed by atoms with Crippen LogP contribution in [0.15, 0.2) is 35.5 Å². The number of rotatable bonds is 5. The van der Waals surface area contributed by atoms with Gasteiger partial charge in [0.2, 0.25) is 5.95 Å². The van der Waals surface area contributed by atoms with Gasteiger partial charge in [0.25, 0.3) is 0 Å². The third kappa shape index (κ3) is 4.48. The minimum Gasteiger partial charge on any atom is -0.486 e. The van der Waals surface area contributed by atoms with Crippen molar-refractivity contribution in [1.29, 1.82) is 4.78 Å². The van der Waals surface area contributed by atoms with E-state index in [-0.39, 0.29) is 0 Å². The van der Waals surface area contributed by atoms with E-state index in [2.05, 4.69) is 38.0 Å². The zero-order chi connectivity index (χ0) is 21.2. The monoisotopic (exact) mass is 443 g/mol. The molecule has 166 valence electrons. The first kappa shape index (κ1) is 20.5. The number of fused-ring (bicyclic) bond motifs is 1. The third-order valence-corrected chi connectivity index (χ3v) is 7.26. The zero-order valence-corrected chi connectivity index (χ0v) is 18.5. The van der Waals surface area contributed by atoms with Crippen molar-refractivity contribution in [2.24, 2.45) is 5.92 Å². The SMILES string of the molecule is N=[SH](=O)c1cnc(N2CCC(CN3CCC[C@H]3c3ccc4c(c3)OCCO4)CC2)nc1. The van der Waals surface area contributed by atoms with E-state index in [0.717, 1.165) is 50.5 Å². The highest BCUT2D eigenvalue weighted by Gasteiger charge is 2.30. The Bertz CT molecular complexity index is 981. The summed E-state index contributed by atoms with van der Waals surface area (Å²) in [6.45, 7) is 5.37. The molecule has 1 aromatic carbocycles. The molecular weight excluding hydrogens is 414 g/mol. The second kappa shape index (κ2) is 9.00. The maximum Gasteiger partial charge on any atom is 0.225 e. The number of nitrogens with zero attached hydrogens (tertiary/aromatic N) is 4. The van der Waals surface area contributed by atoms with Crippen LogP contribution in [0.5, 0.6) is 11.5 Å². The van der Waals surface area contributed by atoms with E-state index < -0.39 is 10.6 Å². The van der Waals surface area contributed by atoms with E-state index in [4.69, 9.17) is 14.3 Å². The summed E-state index contributed by atoms with van der Waals surface area (Å²) in [5, 5.41) is 0. The van der Waals surface area contributed by atoms with Gasteiger partial charge in [0, 0.05) is 38.1 Å². The molecule has 1 unspecified atom stereocenters. The van der Waals surface area contributed by atoms with Crippen molar-refractivity contribution < 1.29 is 13.7 Å². The molecule has 9 heteroatoms. The van der Waals surface area contributed by atoms with Crippen LogP contribution in [-0.2, 0) is 10.6 Å². The smallest absolute Gasteiger partial charge is 0.225 e. The summed E-state index contributed by atoms with van der Waals surface area (Å²) in [7, 11) is -2.13. The van der Waals surface area contributed by atoms with E-state index in [0.29, 0.717) is 36.0 Å². The molecule has 0 amide bonds. The first-order valence-electron chi connectivity index (χ1n) is 11.1. The highest BCUT2D eigenvalue weighted by Crippen LogP contribution is 2.39. The van der Waals surface area contributed by atoms with Gasteiger partial charge >= 0.3 is 0 Å². The van der Waals surface area contributed by atoms with E-state index >= 15 is 0 Å². The standard InChI is InChI=1S/C22H29N5O3S/c23-31(28)18-13-24-22(25-14-18)26-8-5-16(6-9-26)15-27-7-1-2-19(27)17-3-4-20-21(12-17)30-11-10-29-20/h3-4,12-14,16,19,23,31H,1-2,5-11,15H2/t19-/m0/s1. The van der Waals surface area contributed by atoms with Gasteiger partial charge in [-0.3, -0.25) is 9.68 Å². The van der Waals surface area contributed by atoms with E-state index in [1.807, 2.05) is 0 Å². The number of anilines is 1. The second-order valence-corrected chi connectivity index (χ2v) is 9.63. The molecular formula is C22H29N5O3S. The predicted octanol–water partition coefficient (Wildman–Crippen LogP) is 2.90. The summed E-state index contributed by atoms with van der Waals surface area (Å²) < 4.78 is 30.0. The Morgan fingerprint density at radius 2 is 1.77 bits per heavy atom. The van der Waals surface area contributed by atoms with Gasteiger partial charge in [-0.15, -0.1) is 0 Å². The predicted molar refractivity (Wildman–Crippen MR) is 118 cm³/mol. The van der Waals surface area contributed by atoms with Gasteiger partial charge in [0.05, 0.1) is 15.5 Å². The Morgan fingerprint density at radius 3 is 2.52 bits per heavy atom. The number of hydrogen-bond acceptors (Lipinski definition) is 8. The Balaban J connectivity index is 1.19. The molecule has 2 saturated heterocycles. The maximum atomic E-state index is 11.2. The molecule has 3 aliphatic rings. The van der Waals surface area contributed by atoms with Gasteiger partial charge in [0.1, 0.15) is 13.2 Å². The van der Waals surface area contributed by atoms with Crippen LogP contribution in [0, 0.1) is 10.7 Å². The van der Waals surface area contributed by atoms with Crippen LogP contribution in [0.2, 0.25) is 0 Å². The Kier molecular flexibility index (Phi) is 5.95. The second-order valence-electron chi connectivity index (χ2n) is 8.52. The molecule has 0 bridgehead atoms. The molecule has 1 aromatic heterocycles. The van der Waals surface area contributed by atoms with Crippen LogP contribution < -0.4 is 14.4 Å². The average Bonchev–Trinajstić information content (AvgIpc) is 3.27. The fourth-order valence-electron chi connectivity index (χ4n) is 4.92. The molecule has 4 heterocycles. The van der Waals surface area contributed by atoms with Gasteiger partial charge in [-0.05, 0) is 55.8 Å². The number of ether oxygens (including phenoxy) is 2. The number of nitrogens with one attached hydrogen (secondary N) is 1. The molecule has 2 fully saturated rings. The molecule has 31 heavy (non-hydrogen) atoms. The highest BCUT2D eigenvalue weighted by atomic mass is 32.2. The Labute approximate surface area is 184 Å². The zero-order valence-electron chi connectivity index (χ0n) is 17.6. The Morgan fingerprint density at radius 1 is 1.03 bits per heavy atom. The normalized spacial score (nSPS) is 23.1. The van der Waals surface area contributed by atoms with E-state index in [1.165, 1.54) is 30.8 Å². The maximum absolute atomic E-state index is 11.2. The topological polar surface area (TPSA) is 91.6 Å². The first-order chi connectivity index (χ1) is 15.2. The molecule has 2 aromatic rings. The van der Waals surface area contributed by atoms with Gasteiger partial charge in [0.15, 0.2) is 11.5 Å². The van der Waals surface area contributed by atoms with Crippen molar-refractivity contribution in [3.63, 3.8) is 0 Å². The first-order valence-corrected chi connectivity index (χ1v) is 12.3. The highest BCUT2D eigenvalue weighted by molar-refractivity contribution is 7.73. The lowest BCUT2D eigenvalue weighted by molar-refractivity contribution is 0.169. The molecule has 3 aliphatic heterocycles. The Hall–Kier alpha value is -2.39. The van der Waals surface area contributed by atoms with Gasteiger partial charge < -0.3 is 14.4 Å². The van der Waals surface area contributed by atoms with Crippen LogP contribution in [-0.4, -0.2) is 58.5 Å². The molecule has 0 radical (unpaired) electrons. The van der Waals surface area contributed by atoms with Crippen LogP contribution in [0.1, 0.15) is 37.3 Å². The molecule has 0 saturated carbocycles. The van der Waals surface area contributed by atoms with Gasteiger partial charge in [-0.25, -0.2) is 14.2 Å². The van der Waals surface area contributed by atoms with Gasteiger partial charge in [-0.2, -0.15) is 0 Å². The molecule has 2 atom stereocenters. The number of thiol groups is 1. The summed E-state index contributed by atoms with van der Waals surface area (Å²) >= 11 is 0. The summed E-state index contributed by atoms with van der Waals surface area (Å²) in [5.74, 6) is 3.08. The number of piperidine rings is 1. The lowest BCUT2D eigenvalue weighted by atomic mass is 9.95. The van der Waals surface area contributed by atoms with Crippen molar-refractivity contribution in [1.82, 2.24) is 14.9 Å². The number of hydrogen-bond donors (Lipinski definition) is 2. The molecule has 0 spiro atoms. The molecule has 5 rings (SSSR count). The summed E-state index contributed by atoms with van der Waals surface area (Å²) in [6.07, 6.45) is 7.68. The average molecular weight is 444 g/mol. The summed E-state index contributed by atoms with van der Waals surface area (Å²) in [4.78, 5) is 13.9. The van der Waals surface area contributed by atoms with Crippen molar-refractivity contribution >= 4 is 16.5 Å². The number of benzene rings is 1. The van der Waals surface area contributed by atoms with Crippen molar-refractivity contribution in [3.8, 4) is 11.5 Å². The van der Waals surface area contributed by atoms with Gasteiger partial charge in [-0.1, -0.05) is 6.07 Å². The number of likely N-dealkylation sites (tertiary alicyclic amines) is 1. The van der Waals surface area contributed by atoms with Crippen molar-refractivity contribution in [2.45, 2.75) is 36.6 Å². The summed E-state index contributed by atoms with van der Waals surface area (Å²) in [5.41, 5.74) is 1.33. The quantitative estimate of drug-likeness (QED) is 0.687. The lowest BCUT2D eigenvalue weighted by Gasteiger charge is -2.35. The number of aromatic nitrogens is 2. The van der Waals surface area contributed by atoms with Crippen LogP contribution in [0.4, 0.5) is 5.95 Å². The molecule has 8 nitrogen and oxygen atoms in total. The largest absolute Gasteiger partial charge is 0.486 e. The minimum atomic E-state index is -2.13. The van der Waals surface area contributed by atoms with Crippen molar-refractivity contribution in [2.75, 3.05) is 44.3 Å². The van der Waals surface area contributed by atoms with E-state index in [9.17, 15) is 4.21 Å². The van der Waals surface area contributed by atoms with Crippen molar-refractivity contribution in [3.05, 3.63) is 36.2 Å². The fraction of sp³-hybridized carbons (Fsp3) is 0.545. The minimum absolute atomic E-state index is 0.382. The van der Waals surface area contributed by atoms with E-state index in [1.54, 1.807) is 0 Å². The van der Waals surface area contributed by atoms with Crippen LogP contribution >= 0.6 is 0 Å². The third-order valence-electron chi connectivity index (χ3n) is 6.56. The molecule has 0 aliphatic carbocycles. The van der Waals surface area contributed by atoms with Crippen LogP contribution in [0.3, 0.4) is 0 Å². The fourth-order valence-corrected chi connectivity index (χ4v) is 5.24. The lowest BCUT2D eigenvalue weighted by Crippen LogP contribution is -2.39. The molecule has 1 N–H and O–H groups in total. The summed E-state index contributed by atoms with van der Waals surface area (Å²) in [6, 6.07) is 6.88. The van der Waals surface area contributed by atoms with Crippen LogP contribution in [0.25, 0.3) is 0 Å².